The second kappa shape index (κ2) is 7.26. The molecule has 1 aromatic rings. The zero-order chi connectivity index (χ0) is 18.0. The maximum absolute atomic E-state index is 13.8. The van der Waals surface area contributed by atoms with E-state index in [9.17, 15) is 25.6 Å². The Labute approximate surface area is 140 Å². The van der Waals surface area contributed by atoms with Crippen LogP contribution in [0.25, 0.3) is 0 Å². The minimum Gasteiger partial charge on any atom is -0.211 e. The zero-order valence-corrected chi connectivity index (χ0v) is 14.4. The van der Waals surface area contributed by atoms with Gasteiger partial charge in [-0.05, 0) is 30.9 Å². The topological polar surface area (TPSA) is 83.6 Å². The molecule has 134 valence electrons. The lowest BCUT2D eigenvalue weighted by Crippen LogP contribution is -2.43. The molecule has 0 radical (unpaired) electrons. The Morgan fingerprint density at radius 2 is 2.00 bits per heavy atom. The molecule has 1 N–H and O–H groups in total. The standard InChI is InChI=1S/C14H18F2N2O4S2/c1-2-23(19,20)17-9-11-5-4-8-18(10-11)24(21,22)13-7-3-6-12(15)14(13)16/h2-3,6-7,11,17H,1,4-5,8-10H2. The molecule has 10 heteroatoms. The van der Waals surface area contributed by atoms with Crippen LogP contribution in [0.5, 0.6) is 0 Å². The lowest BCUT2D eigenvalue weighted by Gasteiger charge is -2.32. The van der Waals surface area contributed by atoms with Gasteiger partial charge in [0.1, 0.15) is 4.90 Å². The SMILES string of the molecule is C=CS(=O)(=O)NCC1CCCN(S(=O)(=O)c2cccc(F)c2F)C1. The maximum atomic E-state index is 13.8. The molecule has 1 heterocycles. The van der Waals surface area contributed by atoms with Crippen molar-refractivity contribution in [2.45, 2.75) is 17.7 Å². The molecule has 1 aromatic carbocycles. The molecule has 1 aliphatic heterocycles. The van der Waals surface area contributed by atoms with E-state index in [0.29, 0.717) is 12.8 Å². The normalized spacial score (nSPS) is 20.0. The van der Waals surface area contributed by atoms with E-state index < -0.39 is 36.6 Å². The number of hydrogen-bond acceptors (Lipinski definition) is 4. The van der Waals surface area contributed by atoms with Gasteiger partial charge >= 0.3 is 0 Å². The van der Waals surface area contributed by atoms with Crippen LogP contribution in [0, 0.1) is 17.6 Å². The molecule has 1 unspecified atom stereocenters. The Morgan fingerprint density at radius 1 is 1.29 bits per heavy atom. The van der Waals surface area contributed by atoms with E-state index in [1.165, 1.54) is 0 Å². The quantitative estimate of drug-likeness (QED) is 0.809. The van der Waals surface area contributed by atoms with E-state index in [-0.39, 0.29) is 25.6 Å². The number of nitrogens with zero attached hydrogens (tertiary/aromatic N) is 1. The Kier molecular flexibility index (Phi) is 5.74. The van der Waals surface area contributed by atoms with Crippen molar-refractivity contribution in [2.24, 2.45) is 5.92 Å². The molecule has 0 bridgehead atoms. The van der Waals surface area contributed by atoms with E-state index >= 15 is 0 Å². The lowest BCUT2D eigenvalue weighted by molar-refractivity contribution is 0.266. The van der Waals surface area contributed by atoms with E-state index in [1.54, 1.807) is 0 Å². The highest BCUT2D eigenvalue weighted by molar-refractivity contribution is 7.92. The lowest BCUT2D eigenvalue weighted by atomic mass is 10.0. The summed E-state index contributed by atoms with van der Waals surface area (Å²) >= 11 is 0. The van der Waals surface area contributed by atoms with Crippen LogP contribution in [0.3, 0.4) is 0 Å². The summed E-state index contributed by atoms with van der Waals surface area (Å²) in [6, 6.07) is 2.99. The van der Waals surface area contributed by atoms with E-state index in [2.05, 4.69) is 11.3 Å². The molecule has 24 heavy (non-hydrogen) atoms. The monoisotopic (exact) mass is 380 g/mol. The van der Waals surface area contributed by atoms with Gasteiger partial charge < -0.3 is 0 Å². The van der Waals surface area contributed by atoms with Crippen molar-refractivity contribution in [1.29, 1.82) is 0 Å². The van der Waals surface area contributed by atoms with Gasteiger partial charge in [-0.3, -0.25) is 0 Å². The molecule has 0 spiro atoms. The minimum absolute atomic E-state index is 0.0257. The Morgan fingerprint density at radius 3 is 2.67 bits per heavy atom. The van der Waals surface area contributed by atoms with Gasteiger partial charge in [0.05, 0.1) is 0 Å². The molecule has 0 saturated carbocycles. The van der Waals surface area contributed by atoms with Crippen LogP contribution in [0.15, 0.2) is 35.1 Å². The largest absolute Gasteiger partial charge is 0.246 e. The summed E-state index contributed by atoms with van der Waals surface area (Å²) in [4.78, 5) is -0.713. The van der Waals surface area contributed by atoms with E-state index in [1.807, 2.05) is 0 Å². The average molecular weight is 380 g/mol. The second-order valence-corrected chi connectivity index (χ2v) is 9.10. The number of sulfonamides is 2. The van der Waals surface area contributed by atoms with Gasteiger partial charge in [0.15, 0.2) is 11.6 Å². The van der Waals surface area contributed by atoms with Gasteiger partial charge in [0, 0.05) is 25.0 Å². The number of piperidine rings is 1. The molecule has 1 fully saturated rings. The highest BCUT2D eigenvalue weighted by atomic mass is 32.2. The Bertz CT molecular complexity index is 825. The summed E-state index contributed by atoms with van der Waals surface area (Å²) < 4.78 is 78.3. The average Bonchev–Trinajstić information content (AvgIpc) is 2.56. The van der Waals surface area contributed by atoms with Gasteiger partial charge in [-0.2, -0.15) is 4.31 Å². The van der Waals surface area contributed by atoms with Crippen LogP contribution in [0.4, 0.5) is 8.78 Å². The highest BCUT2D eigenvalue weighted by Crippen LogP contribution is 2.26. The van der Waals surface area contributed by atoms with Gasteiger partial charge in [-0.25, -0.2) is 30.3 Å². The summed E-state index contributed by atoms with van der Waals surface area (Å²) in [7, 11) is -7.79. The van der Waals surface area contributed by atoms with E-state index in [0.717, 1.165) is 27.9 Å². The van der Waals surface area contributed by atoms with Crippen molar-refractivity contribution in [1.82, 2.24) is 9.03 Å². The Balaban J connectivity index is 2.16. The summed E-state index contributed by atoms with van der Waals surface area (Å²) in [5.41, 5.74) is 0. The van der Waals surface area contributed by atoms with Crippen LogP contribution < -0.4 is 4.72 Å². The third kappa shape index (κ3) is 4.18. The number of hydrogen-bond donors (Lipinski definition) is 1. The summed E-state index contributed by atoms with van der Waals surface area (Å²) in [6.07, 6.45) is 1.12. The molecular weight excluding hydrogens is 362 g/mol. The molecule has 0 aliphatic carbocycles. The molecule has 0 aromatic heterocycles. The fraction of sp³-hybridized carbons (Fsp3) is 0.429. The third-order valence-electron chi connectivity index (χ3n) is 3.81. The molecular formula is C14H18F2N2O4S2. The van der Waals surface area contributed by atoms with Crippen LogP contribution in [-0.4, -0.2) is 40.8 Å². The highest BCUT2D eigenvalue weighted by Gasteiger charge is 2.33. The van der Waals surface area contributed by atoms with Crippen molar-refractivity contribution >= 4 is 20.0 Å². The Hall–Kier alpha value is -1.36. The van der Waals surface area contributed by atoms with Gasteiger partial charge in [0.2, 0.25) is 20.0 Å². The summed E-state index contributed by atoms with van der Waals surface area (Å²) in [6.45, 7) is 3.42. The fourth-order valence-electron chi connectivity index (χ4n) is 2.53. The molecule has 6 nitrogen and oxygen atoms in total. The van der Waals surface area contributed by atoms with Crippen molar-refractivity contribution in [3.63, 3.8) is 0 Å². The number of benzene rings is 1. The van der Waals surface area contributed by atoms with Crippen molar-refractivity contribution in [2.75, 3.05) is 19.6 Å². The van der Waals surface area contributed by atoms with Crippen molar-refractivity contribution < 1.29 is 25.6 Å². The first-order chi connectivity index (χ1) is 11.2. The number of rotatable bonds is 6. The first kappa shape index (κ1) is 19.0. The smallest absolute Gasteiger partial charge is 0.211 e. The minimum atomic E-state index is -4.19. The zero-order valence-electron chi connectivity index (χ0n) is 12.8. The molecule has 1 aliphatic rings. The van der Waals surface area contributed by atoms with Crippen molar-refractivity contribution in [3.05, 3.63) is 41.8 Å². The first-order valence-electron chi connectivity index (χ1n) is 7.23. The maximum Gasteiger partial charge on any atom is 0.246 e. The van der Waals surface area contributed by atoms with Gasteiger partial charge in [0.25, 0.3) is 0 Å². The third-order valence-corrected chi connectivity index (χ3v) is 6.70. The molecule has 2 rings (SSSR count). The van der Waals surface area contributed by atoms with Crippen LogP contribution >= 0.6 is 0 Å². The van der Waals surface area contributed by atoms with Gasteiger partial charge in [-0.1, -0.05) is 12.6 Å². The predicted octanol–water partition coefficient (Wildman–Crippen LogP) is 1.43. The molecule has 0 amide bonds. The van der Waals surface area contributed by atoms with Gasteiger partial charge in [-0.15, -0.1) is 0 Å². The first-order valence-corrected chi connectivity index (χ1v) is 10.2. The van der Waals surface area contributed by atoms with E-state index in [4.69, 9.17) is 0 Å². The molecule has 1 saturated heterocycles. The van der Waals surface area contributed by atoms with Crippen molar-refractivity contribution in [3.8, 4) is 0 Å². The summed E-state index contributed by atoms with van der Waals surface area (Å²) in [5, 5.41) is 0.770. The van der Waals surface area contributed by atoms with Crippen LogP contribution in [0.2, 0.25) is 0 Å². The number of halogens is 2. The second-order valence-electron chi connectivity index (χ2n) is 5.48. The van der Waals surface area contributed by atoms with Crippen LogP contribution in [0.1, 0.15) is 12.8 Å². The predicted molar refractivity (Wildman–Crippen MR) is 85.0 cm³/mol. The fourth-order valence-corrected chi connectivity index (χ4v) is 4.74. The van der Waals surface area contributed by atoms with Crippen LogP contribution in [-0.2, 0) is 20.0 Å². The summed E-state index contributed by atoms with van der Waals surface area (Å²) in [5.74, 6) is -2.91. The number of nitrogens with one attached hydrogen (secondary N) is 1. The molecule has 1 atom stereocenters.